The summed E-state index contributed by atoms with van der Waals surface area (Å²) in [5, 5.41) is 13.4. The van der Waals surface area contributed by atoms with Gasteiger partial charge in [0.2, 0.25) is 0 Å². The van der Waals surface area contributed by atoms with E-state index in [0.29, 0.717) is 19.6 Å². The molecule has 0 saturated heterocycles. The summed E-state index contributed by atoms with van der Waals surface area (Å²) in [4.78, 5) is 12.2. The Kier molecular flexibility index (Phi) is 2.72. The first kappa shape index (κ1) is 11.7. The SMILES string of the molecule is NCc1ccc(-n2cc3c(n2)CN(C(=O)O)C3)cc1. The van der Waals surface area contributed by atoms with Crippen LogP contribution in [0.3, 0.4) is 0 Å². The zero-order chi connectivity index (χ0) is 13.4. The van der Waals surface area contributed by atoms with E-state index in [1.165, 1.54) is 4.90 Å². The summed E-state index contributed by atoms with van der Waals surface area (Å²) in [7, 11) is 0. The third kappa shape index (κ3) is 2.06. The third-order valence-corrected chi connectivity index (χ3v) is 3.29. The second-order valence-corrected chi connectivity index (χ2v) is 4.55. The van der Waals surface area contributed by atoms with Gasteiger partial charge < -0.3 is 10.8 Å². The van der Waals surface area contributed by atoms with Gasteiger partial charge in [-0.2, -0.15) is 5.10 Å². The molecule has 2 heterocycles. The second-order valence-electron chi connectivity index (χ2n) is 4.55. The summed E-state index contributed by atoms with van der Waals surface area (Å²) in [6.45, 7) is 1.29. The minimum atomic E-state index is -0.906. The fraction of sp³-hybridized carbons (Fsp3) is 0.231. The molecule has 0 spiro atoms. The maximum Gasteiger partial charge on any atom is 0.407 e. The van der Waals surface area contributed by atoms with Crippen molar-refractivity contribution in [3.63, 3.8) is 0 Å². The lowest BCUT2D eigenvalue weighted by molar-refractivity contribution is 0.144. The summed E-state index contributed by atoms with van der Waals surface area (Å²) in [6, 6.07) is 7.84. The van der Waals surface area contributed by atoms with Crippen LogP contribution in [0.5, 0.6) is 0 Å². The number of fused-ring (bicyclic) bond motifs is 1. The van der Waals surface area contributed by atoms with Gasteiger partial charge in [-0.05, 0) is 17.7 Å². The van der Waals surface area contributed by atoms with Gasteiger partial charge in [0.25, 0.3) is 0 Å². The van der Waals surface area contributed by atoms with E-state index in [4.69, 9.17) is 10.8 Å². The number of benzene rings is 1. The van der Waals surface area contributed by atoms with E-state index >= 15 is 0 Å². The van der Waals surface area contributed by atoms with Crippen LogP contribution in [0.15, 0.2) is 30.5 Å². The van der Waals surface area contributed by atoms with Gasteiger partial charge >= 0.3 is 6.09 Å². The molecule has 1 aromatic heterocycles. The highest BCUT2D eigenvalue weighted by molar-refractivity contribution is 5.66. The number of rotatable bonds is 2. The molecule has 1 aliphatic heterocycles. The molecule has 0 radical (unpaired) electrons. The van der Waals surface area contributed by atoms with Crippen LogP contribution in [-0.4, -0.2) is 25.9 Å². The average molecular weight is 258 g/mol. The molecular weight excluding hydrogens is 244 g/mol. The van der Waals surface area contributed by atoms with Crippen molar-refractivity contribution in [3.05, 3.63) is 47.3 Å². The summed E-state index contributed by atoms with van der Waals surface area (Å²) in [5.74, 6) is 0. The predicted octanol–water partition coefficient (Wildman–Crippen LogP) is 1.32. The summed E-state index contributed by atoms with van der Waals surface area (Å²) >= 11 is 0. The maximum atomic E-state index is 10.9. The molecule has 6 nitrogen and oxygen atoms in total. The molecule has 0 aliphatic carbocycles. The Morgan fingerprint density at radius 3 is 2.63 bits per heavy atom. The van der Waals surface area contributed by atoms with E-state index in [1.54, 1.807) is 4.68 Å². The van der Waals surface area contributed by atoms with Crippen LogP contribution in [0.25, 0.3) is 5.69 Å². The third-order valence-electron chi connectivity index (χ3n) is 3.29. The van der Waals surface area contributed by atoms with Crippen molar-refractivity contribution in [3.8, 4) is 5.69 Å². The van der Waals surface area contributed by atoms with Gasteiger partial charge in [0.1, 0.15) is 0 Å². The normalized spacial score (nSPS) is 13.6. The van der Waals surface area contributed by atoms with Gasteiger partial charge in [0, 0.05) is 18.3 Å². The number of nitrogens with two attached hydrogens (primary N) is 1. The van der Waals surface area contributed by atoms with Crippen molar-refractivity contribution in [2.45, 2.75) is 19.6 Å². The molecule has 98 valence electrons. The van der Waals surface area contributed by atoms with Crippen molar-refractivity contribution < 1.29 is 9.90 Å². The Morgan fingerprint density at radius 1 is 1.32 bits per heavy atom. The number of nitrogens with zero attached hydrogens (tertiary/aromatic N) is 3. The number of hydrogen-bond donors (Lipinski definition) is 2. The molecule has 0 bridgehead atoms. The minimum Gasteiger partial charge on any atom is -0.465 e. The standard InChI is InChI=1S/C13H14N4O2/c14-5-9-1-3-11(4-2-9)17-7-10-6-16(13(18)19)8-12(10)15-17/h1-4,7H,5-6,8,14H2,(H,18,19). The molecule has 19 heavy (non-hydrogen) atoms. The highest BCUT2D eigenvalue weighted by atomic mass is 16.4. The van der Waals surface area contributed by atoms with Crippen LogP contribution in [0.2, 0.25) is 0 Å². The van der Waals surface area contributed by atoms with E-state index in [-0.39, 0.29) is 0 Å². The van der Waals surface area contributed by atoms with Crippen LogP contribution in [0.1, 0.15) is 16.8 Å². The minimum absolute atomic E-state index is 0.360. The Balaban J connectivity index is 1.85. The first-order chi connectivity index (χ1) is 9.17. The largest absolute Gasteiger partial charge is 0.465 e. The van der Waals surface area contributed by atoms with Gasteiger partial charge in [-0.1, -0.05) is 12.1 Å². The average Bonchev–Trinajstić information content (AvgIpc) is 2.97. The molecule has 1 aromatic carbocycles. The van der Waals surface area contributed by atoms with Crippen molar-refractivity contribution in [1.29, 1.82) is 0 Å². The molecule has 1 aliphatic rings. The summed E-state index contributed by atoms with van der Waals surface area (Å²) in [5.41, 5.74) is 9.37. The van der Waals surface area contributed by atoms with Crippen LogP contribution >= 0.6 is 0 Å². The van der Waals surface area contributed by atoms with Crippen molar-refractivity contribution in [1.82, 2.24) is 14.7 Å². The number of carboxylic acid groups (broad SMARTS) is 1. The lowest BCUT2D eigenvalue weighted by Crippen LogP contribution is -2.23. The molecule has 3 N–H and O–H groups in total. The van der Waals surface area contributed by atoms with E-state index in [0.717, 1.165) is 22.5 Å². The second kappa shape index (κ2) is 4.40. The highest BCUT2D eigenvalue weighted by Gasteiger charge is 2.26. The van der Waals surface area contributed by atoms with Crippen LogP contribution in [0, 0.1) is 0 Å². The van der Waals surface area contributed by atoms with Gasteiger partial charge in [0.15, 0.2) is 0 Å². The lowest BCUT2D eigenvalue weighted by Gasteiger charge is -2.10. The molecule has 6 heteroatoms. The first-order valence-electron chi connectivity index (χ1n) is 6.02. The molecule has 3 rings (SSSR count). The van der Waals surface area contributed by atoms with E-state index in [2.05, 4.69) is 5.10 Å². The first-order valence-corrected chi connectivity index (χ1v) is 6.02. The van der Waals surface area contributed by atoms with Gasteiger partial charge in [0.05, 0.1) is 24.5 Å². The summed E-state index contributed by atoms with van der Waals surface area (Å²) < 4.78 is 1.78. The van der Waals surface area contributed by atoms with Crippen molar-refractivity contribution >= 4 is 6.09 Å². The summed E-state index contributed by atoms with van der Waals surface area (Å²) in [6.07, 6.45) is 0.979. The van der Waals surface area contributed by atoms with Gasteiger partial charge in [-0.3, -0.25) is 4.90 Å². The number of aromatic nitrogens is 2. The fourth-order valence-corrected chi connectivity index (χ4v) is 2.21. The monoisotopic (exact) mass is 258 g/mol. The lowest BCUT2D eigenvalue weighted by atomic mass is 10.2. The topological polar surface area (TPSA) is 84.4 Å². The number of carbonyl (C=O) groups is 1. The number of hydrogen-bond acceptors (Lipinski definition) is 3. The van der Waals surface area contributed by atoms with Crippen molar-refractivity contribution in [2.24, 2.45) is 5.73 Å². The van der Waals surface area contributed by atoms with E-state index < -0.39 is 6.09 Å². The molecule has 2 aromatic rings. The fourth-order valence-electron chi connectivity index (χ4n) is 2.21. The Morgan fingerprint density at radius 2 is 2.05 bits per heavy atom. The van der Waals surface area contributed by atoms with E-state index in [1.807, 2.05) is 30.5 Å². The van der Waals surface area contributed by atoms with Crippen LogP contribution < -0.4 is 5.73 Å². The molecule has 1 amide bonds. The predicted molar refractivity (Wildman–Crippen MR) is 68.7 cm³/mol. The van der Waals surface area contributed by atoms with E-state index in [9.17, 15) is 4.79 Å². The molecule has 0 atom stereocenters. The molecule has 0 saturated carbocycles. The quantitative estimate of drug-likeness (QED) is 0.851. The Bertz CT molecular complexity index is 595. The van der Waals surface area contributed by atoms with Crippen LogP contribution in [-0.2, 0) is 19.6 Å². The van der Waals surface area contributed by atoms with Gasteiger partial charge in [-0.15, -0.1) is 0 Å². The van der Waals surface area contributed by atoms with Crippen LogP contribution in [0.4, 0.5) is 4.79 Å². The zero-order valence-electron chi connectivity index (χ0n) is 10.3. The highest BCUT2D eigenvalue weighted by Crippen LogP contribution is 2.22. The maximum absolute atomic E-state index is 10.9. The number of amides is 1. The molecule has 0 unspecified atom stereocenters. The Hall–Kier alpha value is -2.34. The zero-order valence-corrected chi connectivity index (χ0v) is 10.3. The molecule has 0 fully saturated rings. The van der Waals surface area contributed by atoms with Crippen molar-refractivity contribution in [2.75, 3.05) is 0 Å². The van der Waals surface area contributed by atoms with Gasteiger partial charge in [-0.25, -0.2) is 9.48 Å². The smallest absolute Gasteiger partial charge is 0.407 e. The molecular formula is C13H14N4O2. The Labute approximate surface area is 110 Å².